The minimum atomic E-state index is -1.26. The van der Waals surface area contributed by atoms with Crippen LogP contribution in [0.15, 0.2) is 44.0 Å². The summed E-state index contributed by atoms with van der Waals surface area (Å²) in [6, 6.07) is -1.76. The highest BCUT2D eigenvalue weighted by atomic mass is 16.3. The van der Waals surface area contributed by atoms with Crippen LogP contribution in [0.25, 0.3) is 22.3 Å². The van der Waals surface area contributed by atoms with Crippen molar-refractivity contribution >= 4 is 69.6 Å². The van der Waals surface area contributed by atoms with Crippen molar-refractivity contribution in [1.82, 2.24) is 83.7 Å². The third-order valence-electron chi connectivity index (χ3n) is 15.9. The summed E-state index contributed by atoms with van der Waals surface area (Å²) in [5, 5.41) is 78.3. The third kappa shape index (κ3) is 12.8. The van der Waals surface area contributed by atoms with Crippen LogP contribution < -0.4 is 42.5 Å². The lowest BCUT2D eigenvalue weighted by molar-refractivity contribution is -0.125. The molecule has 0 aromatic carbocycles. The van der Waals surface area contributed by atoms with Crippen LogP contribution >= 0.6 is 0 Å². The van der Waals surface area contributed by atoms with Crippen molar-refractivity contribution < 1.29 is 35.1 Å². The molecule has 7 aromatic rings. The fourth-order valence-electron chi connectivity index (χ4n) is 11.8. The van der Waals surface area contributed by atoms with Crippen LogP contribution in [0.4, 0.5) is 35.4 Å². The lowest BCUT2D eigenvalue weighted by atomic mass is 9.91. The van der Waals surface area contributed by atoms with Crippen molar-refractivity contribution in [3.05, 3.63) is 55.4 Å². The maximum Gasteiger partial charge on any atom is 0.246 e. The molecular formula is C51H71N23O7. The lowest BCUT2D eigenvalue weighted by Crippen LogP contribution is -2.44. The Balaban J connectivity index is 0.698. The fraction of sp³-hybridized carbons (Fsp3) is 0.588. The Hall–Kier alpha value is -7.93. The van der Waals surface area contributed by atoms with Gasteiger partial charge in [-0.1, -0.05) is 0 Å². The molecule has 7 aromatic heterocycles. The van der Waals surface area contributed by atoms with E-state index in [-0.39, 0.29) is 36.6 Å². The summed E-state index contributed by atoms with van der Waals surface area (Å²) in [6.45, 7) is -0.302. The molecule has 81 heavy (non-hydrogen) atoms. The van der Waals surface area contributed by atoms with E-state index in [9.17, 15) is 35.1 Å². The summed E-state index contributed by atoms with van der Waals surface area (Å²) in [5.74, 6) is 1.76. The minimum absolute atomic E-state index is 0.0537. The number of carbonyl (C=O) groups excluding carboxylic acids is 2. The van der Waals surface area contributed by atoms with Crippen molar-refractivity contribution in [3.8, 4) is 0 Å². The standard InChI is InChI=1S/C51H71N23O7/c1-71-18-31(56-23-71)11-13-52-48-66-44(40-46(68-48)73(25-58-40)35-15-33(16-37(35)77)60-38(78)20-75)61-27-3-7-29(8-4-27)63-50-54-22-55-51(70-50)64-30-9-5-28(6-10-30)62-45-41-47(69-49(67-45)53-14-12-32-19-72(2)24-57-32)74(26-59-41)36-17-34(42(80)43(36)81)65-39(79)21-76/h18-19,22-30,33-37,42-43,75-77,80-81H,3-17,20-21H2,1-2H3,(H,60,78)(H,65,79)(H2,52,61,66,68)(H2,53,62,67,69)(H2,54,55,63,64,70)/t27-,28-,29-,30-,33-,34-,35+,36+,37+,42+,43-/m0/s1. The summed E-state index contributed by atoms with van der Waals surface area (Å²) in [5.41, 5.74) is 3.94. The number of anilines is 6. The van der Waals surface area contributed by atoms with E-state index in [1.165, 1.54) is 6.33 Å². The normalized spacial score (nSPS) is 25.7. The molecule has 11 rings (SSSR count). The van der Waals surface area contributed by atoms with Crippen LogP contribution in [-0.4, -0.2) is 191 Å². The van der Waals surface area contributed by atoms with Gasteiger partial charge >= 0.3 is 0 Å². The molecule has 0 spiro atoms. The molecule has 4 saturated carbocycles. The van der Waals surface area contributed by atoms with Crippen molar-refractivity contribution in [2.75, 3.05) is 58.2 Å². The number of hydrogen-bond donors (Lipinski definition) is 13. The largest absolute Gasteiger partial charge is 0.391 e. The number of amides is 2. The Labute approximate surface area is 464 Å². The Morgan fingerprint density at radius 3 is 1.48 bits per heavy atom. The number of nitrogens with zero attached hydrogens (tertiary/aromatic N) is 15. The van der Waals surface area contributed by atoms with Crippen molar-refractivity contribution in [2.45, 2.75) is 150 Å². The third-order valence-corrected chi connectivity index (χ3v) is 15.9. The highest BCUT2D eigenvalue weighted by molar-refractivity contribution is 5.86. The van der Waals surface area contributed by atoms with E-state index in [0.717, 1.165) is 62.8 Å². The predicted molar refractivity (Wildman–Crippen MR) is 296 cm³/mol. The molecule has 4 aliphatic carbocycles. The number of fused-ring (bicyclic) bond motifs is 2. The summed E-state index contributed by atoms with van der Waals surface area (Å²) in [6.07, 6.45) is 17.8. The van der Waals surface area contributed by atoms with Gasteiger partial charge in [-0.15, -0.1) is 0 Å². The summed E-state index contributed by atoms with van der Waals surface area (Å²) in [7, 11) is 3.85. The highest BCUT2D eigenvalue weighted by Crippen LogP contribution is 2.37. The number of nitrogens with one attached hydrogen (secondary N) is 8. The number of aliphatic hydroxyl groups is 5. The number of aromatic nitrogens is 15. The smallest absolute Gasteiger partial charge is 0.246 e. The van der Waals surface area contributed by atoms with E-state index in [2.05, 4.69) is 62.5 Å². The molecule has 0 bridgehead atoms. The second-order valence-corrected chi connectivity index (χ2v) is 21.8. The molecule has 0 radical (unpaired) electrons. The van der Waals surface area contributed by atoms with E-state index < -0.39 is 61.5 Å². The van der Waals surface area contributed by atoms with Gasteiger partial charge in [0, 0.05) is 82.6 Å². The second-order valence-electron chi connectivity index (χ2n) is 21.8. The molecule has 0 aliphatic heterocycles. The van der Waals surface area contributed by atoms with Gasteiger partial charge in [-0.25, -0.2) is 29.9 Å². The molecule has 30 nitrogen and oxygen atoms in total. The molecule has 432 valence electrons. The highest BCUT2D eigenvalue weighted by Gasteiger charge is 2.44. The topological polar surface area (TPSA) is 393 Å². The van der Waals surface area contributed by atoms with Gasteiger partial charge in [-0.05, 0) is 70.6 Å². The van der Waals surface area contributed by atoms with Crippen LogP contribution in [0.5, 0.6) is 0 Å². The van der Waals surface area contributed by atoms with Gasteiger partial charge in [0.1, 0.15) is 31.7 Å². The van der Waals surface area contributed by atoms with Gasteiger partial charge in [-0.2, -0.15) is 24.9 Å². The first kappa shape index (κ1) is 55.0. The van der Waals surface area contributed by atoms with Crippen LogP contribution in [0.1, 0.15) is 94.1 Å². The van der Waals surface area contributed by atoms with Gasteiger partial charge in [0.15, 0.2) is 34.0 Å². The number of carbonyl (C=O) groups is 2. The summed E-state index contributed by atoms with van der Waals surface area (Å²) >= 11 is 0. The molecular weight excluding hydrogens is 1050 g/mol. The zero-order valence-corrected chi connectivity index (χ0v) is 45.2. The molecule has 2 amide bonds. The van der Waals surface area contributed by atoms with Crippen LogP contribution in [0, 0.1) is 0 Å². The minimum Gasteiger partial charge on any atom is -0.391 e. The quantitative estimate of drug-likeness (QED) is 0.0422. The lowest BCUT2D eigenvalue weighted by Gasteiger charge is -2.31. The zero-order chi connectivity index (χ0) is 56.1. The zero-order valence-electron chi connectivity index (χ0n) is 45.2. The Morgan fingerprint density at radius 1 is 0.519 bits per heavy atom. The van der Waals surface area contributed by atoms with E-state index in [0.29, 0.717) is 96.5 Å². The SMILES string of the molecule is Cn1cnc(CCNc2nc(N[C@H]3CC[C@H](Nc4ncnc(N[C@H]5CC[C@H](Nc6nc(NCCc7cn(C)cn7)nc7c6ncn7[C@@H]6C[C@H](NC(=O)CO)C[C@H]6O)CC5)n4)CC3)c3ncn([C@@H]4C[C@H](NC(=O)CO)[C@@H](O)[C@H]4O)c3n2)c1. The van der Waals surface area contributed by atoms with Crippen LogP contribution in [-0.2, 0) is 36.5 Å². The van der Waals surface area contributed by atoms with Crippen molar-refractivity contribution in [3.63, 3.8) is 0 Å². The molecule has 30 heteroatoms. The molecule has 0 unspecified atom stereocenters. The van der Waals surface area contributed by atoms with E-state index in [1.807, 2.05) is 40.2 Å². The summed E-state index contributed by atoms with van der Waals surface area (Å²) in [4.78, 5) is 75.5. The first-order valence-corrected chi connectivity index (χ1v) is 27.8. The van der Waals surface area contributed by atoms with Gasteiger partial charge in [0.25, 0.3) is 0 Å². The van der Waals surface area contributed by atoms with Crippen LogP contribution in [0.3, 0.4) is 0 Å². The van der Waals surface area contributed by atoms with Crippen molar-refractivity contribution in [2.24, 2.45) is 14.1 Å². The van der Waals surface area contributed by atoms with Gasteiger partial charge in [0.2, 0.25) is 35.6 Å². The molecule has 4 fully saturated rings. The molecule has 7 heterocycles. The van der Waals surface area contributed by atoms with Gasteiger partial charge < -0.3 is 86.3 Å². The summed E-state index contributed by atoms with van der Waals surface area (Å²) < 4.78 is 7.37. The van der Waals surface area contributed by atoms with Gasteiger partial charge in [0.05, 0.1) is 60.9 Å². The Kier molecular flexibility index (Phi) is 16.6. The van der Waals surface area contributed by atoms with E-state index in [1.54, 1.807) is 29.9 Å². The van der Waals surface area contributed by atoms with Gasteiger partial charge in [-0.3, -0.25) is 9.59 Å². The Morgan fingerprint density at radius 2 is 1.00 bits per heavy atom. The predicted octanol–water partition coefficient (Wildman–Crippen LogP) is -0.0858. The van der Waals surface area contributed by atoms with E-state index in [4.69, 9.17) is 34.9 Å². The first-order chi connectivity index (χ1) is 39.3. The first-order valence-electron chi connectivity index (χ1n) is 27.8. The maximum atomic E-state index is 12.0. The van der Waals surface area contributed by atoms with Crippen LogP contribution in [0.2, 0.25) is 0 Å². The second kappa shape index (κ2) is 24.4. The number of aryl methyl sites for hydroxylation is 2. The number of aliphatic hydroxyl groups excluding tert-OH is 5. The molecule has 0 saturated heterocycles. The maximum absolute atomic E-state index is 12.0. The average molecular weight is 1120 g/mol. The average Bonchev–Trinajstić information content (AvgIpc) is 4.40. The number of hydrogen-bond acceptors (Lipinski definition) is 24. The van der Waals surface area contributed by atoms with E-state index >= 15 is 0 Å². The number of imidazole rings is 4. The molecule has 7 atom stereocenters. The number of rotatable bonds is 22. The fourth-order valence-corrected chi connectivity index (χ4v) is 11.8. The monoisotopic (exact) mass is 1120 g/mol. The van der Waals surface area contributed by atoms with Crippen molar-refractivity contribution in [1.29, 1.82) is 0 Å². The molecule has 4 aliphatic rings. The Bertz CT molecular complexity index is 3280. The molecule has 13 N–H and O–H groups in total.